The number of nitrogens with zero attached hydrogens (tertiary/aromatic N) is 2. The summed E-state index contributed by atoms with van der Waals surface area (Å²) in [4.78, 5) is 31.5. The van der Waals surface area contributed by atoms with Gasteiger partial charge in [0.15, 0.2) is 5.13 Å². The van der Waals surface area contributed by atoms with Crippen LogP contribution in [0.3, 0.4) is 0 Å². The zero-order chi connectivity index (χ0) is 21.3. The number of thiophene rings is 1. The Morgan fingerprint density at radius 1 is 1.17 bits per heavy atom. The van der Waals surface area contributed by atoms with Crippen LogP contribution in [0.1, 0.15) is 17.0 Å². The summed E-state index contributed by atoms with van der Waals surface area (Å²) in [6, 6.07) is 11.0. The molecule has 0 aliphatic rings. The summed E-state index contributed by atoms with van der Waals surface area (Å²) in [5.74, 6) is 0.621. The van der Waals surface area contributed by atoms with Crippen molar-refractivity contribution in [3.05, 3.63) is 62.8 Å². The Morgan fingerprint density at radius 3 is 2.70 bits per heavy atom. The molecule has 1 N–H and O–H groups in total. The van der Waals surface area contributed by atoms with Crippen LogP contribution in [-0.4, -0.2) is 41.9 Å². The fraction of sp³-hybridized carbons (Fsp3) is 0.286. The molecule has 0 aliphatic heterocycles. The molecule has 3 aromatic rings. The van der Waals surface area contributed by atoms with Crippen LogP contribution in [0.5, 0.6) is 5.75 Å². The standard InChI is InChI=1S/C21H22ClN3O3S2/c1-25(9-3-10-28-17-7-5-15(22)6-8-17)20(27)12-16-14-30-21(23-16)24-19(26)13-18-4-2-11-29-18/h2,4-8,11,14H,3,9-10,12-13H2,1H3,(H,23,24,26). The van der Waals surface area contributed by atoms with Crippen molar-refractivity contribution in [3.8, 4) is 5.75 Å². The minimum atomic E-state index is -0.109. The number of carbonyl (C=O) groups is 2. The Balaban J connectivity index is 1.37. The van der Waals surface area contributed by atoms with Crippen molar-refractivity contribution < 1.29 is 14.3 Å². The van der Waals surface area contributed by atoms with Crippen LogP contribution >= 0.6 is 34.3 Å². The summed E-state index contributed by atoms with van der Waals surface area (Å²) >= 11 is 8.71. The molecular formula is C21H22ClN3O3S2. The van der Waals surface area contributed by atoms with Crippen molar-refractivity contribution in [1.82, 2.24) is 9.88 Å². The van der Waals surface area contributed by atoms with Gasteiger partial charge in [-0.05, 0) is 42.1 Å². The first-order valence-electron chi connectivity index (χ1n) is 9.38. The highest BCUT2D eigenvalue weighted by Crippen LogP contribution is 2.18. The van der Waals surface area contributed by atoms with Crippen LogP contribution in [0.15, 0.2) is 47.2 Å². The van der Waals surface area contributed by atoms with Gasteiger partial charge in [-0.25, -0.2) is 4.98 Å². The van der Waals surface area contributed by atoms with E-state index < -0.39 is 0 Å². The number of hydrogen-bond acceptors (Lipinski definition) is 6. The topological polar surface area (TPSA) is 71.5 Å². The summed E-state index contributed by atoms with van der Waals surface area (Å²) in [6.07, 6.45) is 1.24. The van der Waals surface area contributed by atoms with Gasteiger partial charge in [-0.3, -0.25) is 9.59 Å². The Labute approximate surface area is 188 Å². The molecule has 0 radical (unpaired) electrons. The number of thiazole rings is 1. The van der Waals surface area contributed by atoms with E-state index in [2.05, 4.69) is 10.3 Å². The van der Waals surface area contributed by atoms with E-state index in [9.17, 15) is 9.59 Å². The zero-order valence-corrected chi connectivity index (χ0v) is 18.9. The van der Waals surface area contributed by atoms with Crippen LogP contribution in [0, 0.1) is 0 Å². The second-order valence-corrected chi connectivity index (χ2v) is 8.92. The van der Waals surface area contributed by atoms with E-state index in [1.165, 1.54) is 11.3 Å². The highest BCUT2D eigenvalue weighted by Gasteiger charge is 2.13. The normalized spacial score (nSPS) is 10.6. The van der Waals surface area contributed by atoms with Gasteiger partial charge >= 0.3 is 0 Å². The molecule has 0 atom stereocenters. The van der Waals surface area contributed by atoms with E-state index in [0.29, 0.717) is 41.8 Å². The number of hydrogen-bond donors (Lipinski definition) is 1. The molecule has 0 aliphatic carbocycles. The van der Waals surface area contributed by atoms with Gasteiger partial charge in [0.1, 0.15) is 5.75 Å². The fourth-order valence-corrected chi connectivity index (χ4v) is 4.17. The maximum atomic E-state index is 12.4. The third-order valence-electron chi connectivity index (χ3n) is 4.19. The molecule has 2 aromatic heterocycles. The molecule has 6 nitrogen and oxygen atoms in total. The largest absolute Gasteiger partial charge is 0.494 e. The quantitative estimate of drug-likeness (QED) is 0.449. The van der Waals surface area contributed by atoms with Crippen molar-refractivity contribution in [2.24, 2.45) is 0 Å². The lowest BCUT2D eigenvalue weighted by Crippen LogP contribution is -2.30. The van der Waals surface area contributed by atoms with E-state index in [-0.39, 0.29) is 18.2 Å². The Hall–Kier alpha value is -2.42. The average Bonchev–Trinajstić information content (AvgIpc) is 3.38. The molecular weight excluding hydrogens is 442 g/mol. The highest BCUT2D eigenvalue weighted by atomic mass is 35.5. The lowest BCUT2D eigenvalue weighted by atomic mass is 10.3. The van der Waals surface area contributed by atoms with Gasteiger partial charge in [-0.1, -0.05) is 17.7 Å². The van der Waals surface area contributed by atoms with Gasteiger partial charge in [0, 0.05) is 28.9 Å². The molecule has 2 amide bonds. The molecule has 0 saturated heterocycles. The maximum absolute atomic E-state index is 12.4. The van der Waals surface area contributed by atoms with Crippen LogP contribution < -0.4 is 10.1 Å². The maximum Gasteiger partial charge on any atom is 0.231 e. The second kappa shape index (κ2) is 11.1. The number of amides is 2. The molecule has 0 unspecified atom stereocenters. The molecule has 158 valence electrons. The van der Waals surface area contributed by atoms with Crippen LogP contribution in [0.4, 0.5) is 5.13 Å². The van der Waals surface area contributed by atoms with Crippen molar-refractivity contribution in [3.63, 3.8) is 0 Å². The predicted octanol–water partition coefficient (Wildman–Crippen LogP) is 4.51. The molecule has 3 rings (SSSR count). The SMILES string of the molecule is CN(CCCOc1ccc(Cl)cc1)C(=O)Cc1csc(NC(=O)Cc2cccs2)n1. The Morgan fingerprint density at radius 2 is 1.97 bits per heavy atom. The van der Waals surface area contributed by atoms with Crippen LogP contribution in [-0.2, 0) is 22.4 Å². The van der Waals surface area contributed by atoms with E-state index >= 15 is 0 Å². The third kappa shape index (κ3) is 7.12. The lowest BCUT2D eigenvalue weighted by Gasteiger charge is -2.16. The van der Waals surface area contributed by atoms with E-state index in [1.54, 1.807) is 40.8 Å². The van der Waals surface area contributed by atoms with E-state index in [0.717, 1.165) is 10.6 Å². The molecule has 0 fully saturated rings. The molecule has 0 spiro atoms. The van der Waals surface area contributed by atoms with Crippen molar-refractivity contribution in [2.45, 2.75) is 19.3 Å². The summed E-state index contributed by atoms with van der Waals surface area (Å²) in [5, 5.41) is 7.71. The Bertz CT molecular complexity index is 958. The smallest absolute Gasteiger partial charge is 0.231 e. The van der Waals surface area contributed by atoms with Gasteiger partial charge in [-0.2, -0.15) is 0 Å². The predicted molar refractivity (Wildman–Crippen MR) is 122 cm³/mol. The number of aromatic nitrogens is 1. The van der Waals surface area contributed by atoms with Crippen LogP contribution in [0.2, 0.25) is 5.02 Å². The number of rotatable bonds is 10. The third-order valence-corrected chi connectivity index (χ3v) is 6.13. The average molecular weight is 464 g/mol. The number of ether oxygens (including phenoxy) is 1. The molecule has 1 aromatic carbocycles. The summed E-state index contributed by atoms with van der Waals surface area (Å²) in [5.41, 5.74) is 0.653. The first kappa shape index (κ1) is 22.3. The van der Waals surface area contributed by atoms with Crippen molar-refractivity contribution >= 4 is 51.2 Å². The first-order valence-corrected chi connectivity index (χ1v) is 11.5. The first-order chi connectivity index (χ1) is 14.5. The minimum Gasteiger partial charge on any atom is -0.494 e. The number of halogens is 1. The molecule has 2 heterocycles. The zero-order valence-electron chi connectivity index (χ0n) is 16.5. The summed E-state index contributed by atoms with van der Waals surface area (Å²) in [7, 11) is 1.76. The minimum absolute atomic E-state index is 0.0248. The second-order valence-electron chi connectivity index (χ2n) is 6.60. The molecule has 0 bridgehead atoms. The molecule has 30 heavy (non-hydrogen) atoms. The monoisotopic (exact) mass is 463 g/mol. The van der Waals surface area contributed by atoms with Gasteiger partial charge in [-0.15, -0.1) is 22.7 Å². The number of benzene rings is 1. The fourth-order valence-electron chi connectivity index (χ4n) is 2.62. The van der Waals surface area contributed by atoms with Gasteiger partial charge in [0.2, 0.25) is 11.8 Å². The van der Waals surface area contributed by atoms with Crippen molar-refractivity contribution in [1.29, 1.82) is 0 Å². The number of likely N-dealkylation sites (N-methyl/N-ethyl adjacent to an activating group) is 1. The number of nitrogens with one attached hydrogen (secondary N) is 1. The van der Waals surface area contributed by atoms with Gasteiger partial charge in [0.25, 0.3) is 0 Å². The number of anilines is 1. The summed E-state index contributed by atoms with van der Waals surface area (Å²) in [6.45, 7) is 1.09. The van der Waals surface area contributed by atoms with Crippen molar-refractivity contribution in [2.75, 3.05) is 25.5 Å². The molecule has 0 saturated carbocycles. The lowest BCUT2D eigenvalue weighted by molar-refractivity contribution is -0.129. The Kier molecular flexibility index (Phi) is 8.24. The number of carbonyl (C=O) groups excluding carboxylic acids is 2. The summed E-state index contributed by atoms with van der Waals surface area (Å²) < 4.78 is 5.64. The highest BCUT2D eigenvalue weighted by molar-refractivity contribution is 7.14. The molecule has 9 heteroatoms. The van der Waals surface area contributed by atoms with E-state index in [4.69, 9.17) is 16.3 Å². The van der Waals surface area contributed by atoms with Gasteiger partial charge < -0.3 is 15.0 Å². The van der Waals surface area contributed by atoms with Gasteiger partial charge in [0.05, 0.1) is 25.1 Å². The van der Waals surface area contributed by atoms with E-state index in [1.807, 2.05) is 29.6 Å². The van der Waals surface area contributed by atoms with Crippen LogP contribution in [0.25, 0.3) is 0 Å².